The molecule has 0 amide bonds. The molecule has 0 saturated heterocycles. The number of halogens is 2. The standard InChI is InChI=1S/C24H17F2NO3/c1-12-8-14-9-18(25)19(26)10-17(14)23(16(12)11-21(28)29)15-2-3-20-22-13(5-7-30-20)4-6-27-24(15)22/h2-4,6,8-10H,5,7,11H2,1H3,(H,28,29). The van der Waals surface area contributed by atoms with Crippen molar-refractivity contribution < 1.29 is 23.4 Å². The molecule has 0 bridgehead atoms. The van der Waals surface area contributed by atoms with Crippen molar-refractivity contribution in [3.63, 3.8) is 0 Å². The highest BCUT2D eigenvalue weighted by Gasteiger charge is 2.22. The Bertz CT molecular complexity index is 1350. The average Bonchev–Trinajstić information content (AvgIpc) is 2.71. The number of carboxylic acid groups (broad SMARTS) is 1. The fourth-order valence-corrected chi connectivity index (χ4v) is 4.37. The van der Waals surface area contributed by atoms with Gasteiger partial charge in [-0.2, -0.15) is 0 Å². The smallest absolute Gasteiger partial charge is 0.307 e. The van der Waals surface area contributed by atoms with Gasteiger partial charge in [-0.15, -0.1) is 0 Å². The minimum atomic E-state index is -1.000. The van der Waals surface area contributed by atoms with Crippen molar-refractivity contribution in [1.82, 2.24) is 4.98 Å². The average molecular weight is 405 g/mol. The monoisotopic (exact) mass is 405 g/mol. The zero-order valence-electron chi connectivity index (χ0n) is 16.1. The van der Waals surface area contributed by atoms with E-state index in [1.807, 2.05) is 18.2 Å². The van der Waals surface area contributed by atoms with Gasteiger partial charge < -0.3 is 9.84 Å². The van der Waals surface area contributed by atoms with Crippen LogP contribution in [0, 0.1) is 18.6 Å². The van der Waals surface area contributed by atoms with E-state index in [-0.39, 0.29) is 6.42 Å². The van der Waals surface area contributed by atoms with Crippen LogP contribution in [0.3, 0.4) is 0 Å². The Labute approximate surface area is 170 Å². The van der Waals surface area contributed by atoms with E-state index >= 15 is 0 Å². The number of rotatable bonds is 3. The van der Waals surface area contributed by atoms with Crippen LogP contribution >= 0.6 is 0 Å². The van der Waals surface area contributed by atoms with Crippen molar-refractivity contribution in [2.45, 2.75) is 19.8 Å². The third-order valence-corrected chi connectivity index (χ3v) is 5.68. The molecule has 4 nitrogen and oxygen atoms in total. The third kappa shape index (κ3) is 2.79. The molecule has 2 heterocycles. The van der Waals surface area contributed by atoms with Crippen LogP contribution < -0.4 is 4.74 Å². The predicted octanol–water partition coefficient (Wildman–Crippen LogP) is 5.20. The van der Waals surface area contributed by atoms with Crippen LogP contribution in [0.25, 0.3) is 32.8 Å². The second-order valence-corrected chi connectivity index (χ2v) is 7.51. The van der Waals surface area contributed by atoms with Gasteiger partial charge in [0.2, 0.25) is 0 Å². The first-order valence-electron chi connectivity index (χ1n) is 9.61. The number of carboxylic acids is 1. The summed E-state index contributed by atoms with van der Waals surface area (Å²) in [4.78, 5) is 16.2. The Morgan fingerprint density at radius 3 is 2.77 bits per heavy atom. The van der Waals surface area contributed by atoms with Crippen molar-refractivity contribution in [2.24, 2.45) is 0 Å². The van der Waals surface area contributed by atoms with Crippen LogP contribution in [0.15, 0.2) is 42.6 Å². The fraction of sp³-hybridized carbons (Fsp3) is 0.167. The summed E-state index contributed by atoms with van der Waals surface area (Å²) >= 11 is 0. The largest absolute Gasteiger partial charge is 0.493 e. The van der Waals surface area contributed by atoms with Gasteiger partial charge >= 0.3 is 5.97 Å². The second-order valence-electron chi connectivity index (χ2n) is 7.51. The van der Waals surface area contributed by atoms with Gasteiger partial charge in [0.1, 0.15) is 5.75 Å². The van der Waals surface area contributed by atoms with Crippen molar-refractivity contribution in [3.05, 3.63) is 70.9 Å². The zero-order chi connectivity index (χ0) is 21.0. The van der Waals surface area contributed by atoms with Crippen LogP contribution in [0.4, 0.5) is 8.78 Å². The number of ether oxygens (including phenoxy) is 1. The number of carbonyl (C=O) groups is 1. The van der Waals surface area contributed by atoms with Crippen LogP contribution in [0.5, 0.6) is 5.75 Å². The first-order chi connectivity index (χ1) is 14.4. The molecule has 1 aromatic heterocycles. The third-order valence-electron chi connectivity index (χ3n) is 5.68. The van der Waals surface area contributed by atoms with Crippen LogP contribution in [-0.4, -0.2) is 22.7 Å². The highest BCUT2D eigenvalue weighted by molar-refractivity contribution is 6.08. The number of hydrogen-bond acceptors (Lipinski definition) is 3. The minimum Gasteiger partial charge on any atom is -0.493 e. The zero-order valence-corrected chi connectivity index (χ0v) is 16.1. The van der Waals surface area contributed by atoms with Gasteiger partial charge in [0.15, 0.2) is 11.6 Å². The van der Waals surface area contributed by atoms with Crippen LogP contribution in [0.1, 0.15) is 16.7 Å². The van der Waals surface area contributed by atoms with Gasteiger partial charge in [0, 0.05) is 23.6 Å². The van der Waals surface area contributed by atoms with Gasteiger partial charge in [0.05, 0.1) is 18.5 Å². The maximum absolute atomic E-state index is 14.2. The maximum atomic E-state index is 14.2. The topological polar surface area (TPSA) is 59.4 Å². The van der Waals surface area contributed by atoms with Crippen molar-refractivity contribution in [2.75, 3.05) is 6.61 Å². The SMILES string of the molecule is Cc1cc2cc(F)c(F)cc2c(-c2ccc3c4c(ccnc24)CCO3)c1CC(=O)O. The summed E-state index contributed by atoms with van der Waals surface area (Å²) in [5.74, 6) is -2.20. The molecule has 0 unspecified atom stereocenters. The summed E-state index contributed by atoms with van der Waals surface area (Å²) in [5, 5.41) is 11.3. The number of benzene rings is 3. The second kappa shape index (κ2) is 6.76. The summed E-state index contributed by atoms with van der Waals surface area (Å²) in [6, 6.07) is 9.58. The molecule has 1 aliphatic heterocycles. The molecule has 0 fully saturated rings. The van der Waals surface area contributed by atoms with E-state index in [1.54, 1.807) is 19.2 Å². The van der Waals surface area contributed by atoms with E-state index in [2.05, 4.69) is 4.98 Å². The van der Waals surface area contributed by atoms with E-state index in [4.69, 9.17) is 4.74 Å². The Morgan fingerprint density at radius 1 is 1.17 bits per heavy atom. The summed E-state index contributed by atoms with van der Waals surface area (Å²) in [6.45, 7) is 2.36. The molecule has 1 aliphatic rings. The van der Waals surface area contributed by atoms with Gasteiger partial charge in [-0.25, -0.2) is 8.78 Å². The number of aliphatic carboxylic acids is 1. The first kappa shape index (κ1) is 18.5. The number of hydrogen-bond donors (Lipinski definition) is 1. The molecular weight excluding hydrogens is 388 g/mol. The lowest BCUT2D eigenvalue weighted by Crippen LogP contribution is -2.10. The van der Waals surface area contributed by atoms with E-state index in [9.17, 15) is 18.7 Å². The lowest BCUT2D eigenvalue weighted by Gasteiger charge is -2.21. The summed E-state index contributed by atoms with van der Waals surface area (Å²) in [6.07, 6.45) is 2.22. The number of fused-ring (bicyclic) bond motifs is 1. The van der Waals surface area contributed by atoms with Crippen LogP contribution in [-0.2, 0) is 17.6 Å². The molecular formula is C24H17F2NO3. The van der Waals surface area contributed by atoms with E-state index in [1.165, 1.54) is 0 Å². The number of nitrogens with zero attached hydrogens (tertiary/aromatic N) is 1. The minimum absolute atomic E-state index is 0.241. The summed E-state index contributed by atoms with van der Waals surface area (Å²) in [7, 11) is 0. The number of pyridine rings is 1. The molecule has 150 valence electrons. The number of aromatic nitrogens is 1. The van der Waals surface area contributed by atoms with Gasteiger partial charge in [0.25, 0.3) is 0 Å². The van der Waals surface area contributed by atoms with Crippen LogP contribution in [0.2, 0.25) is 0 Å². The Morgan fingerprint density at radius 2 is 1.97 bits per heavy atom. The van der Waals surface area contributed by atoms with E-state index in [0.29, 0.717) is 45.1 Å². The molecule has 0 radical (unpaired) electrons. The molecule has 6 heteroatoms. The van der Waals surface area contributed by atoms with E-state index in [0.717, 1.165) is 35.3 Å². The predicted molar refractivity (Wildman–Crippen MR) is 110 cm³/mol. The highest BCUT2D eigenvalue weighted by Crippen LogP contribution is 2.42. The molecule has 5 rings (SSSR count). The lowest BCUT2D eigenvalue weighted by molar-refractivity contribution is -0.136. The molecule has 1 N–H and O–H groups in total. The molecule has 4 aromatic rings. The van der Waals surface area contributed by atoms with Gasteiger partial charge in [-0.05, 0) is 70.3 Å². The van der Waals surface area contributed by atoms with Crippen molar-refractivity contribution >= 4 is 27.6 Å². The first-order valence-corrected chi connectivity index (χ1v) is 9.61. The molecule has 0 saturated carbocycles. The molecule has 30 heavy (non-hydrogen) atoms. The normalized spacial score (nSPS) is 12.9. The molecule has 0 aliphatic carbocycles. The van der Waals surface area contributed by atoms with Gasteiger partial charge in [-0.3, -0.25) is 9.78 Å². The maximum Gasteiger partial charge on any atom is 0.307 e. The molecule has 0 spiro atoms. The van der Waals surface area contributed by atoms with Gasteiger partial charge in [-0.1, -0.05) is 6.07 Å². The highest BCUT2D eigenvalue weighted by atomic mass is 19.2. The molecule has 0 atom stereocenters. The summed E-state index contributed by atoms with van der Waals surface area (Å²) < 4.78 is 33.9. The number of aryl methyl sites for hydroxylation is 1. The quantitative estimate of drug-likeness (QED) is 0.509. The Hall–Kier alpha value is -3.54. The fourth-order valence-electron chi connectivity index (χ4n) is 4.37. The van der Waals surface area contributed by atoms with Crippen molar-refractivity contribution in [3.8, 4) is 16.9 Å². The lowest BCUT2D eigenvalue weighted by atomic mass is 9.86. The van der Waals surface area contributed by atoms with Crippen molar-refractivity contribution in [1.29, 1.82) is 0 Å². The van der Waals surface area contributed by atoms with E-state index < -0.39 is 17.6 Å². The Balaban J connectivity index is 1.94. The summed E-state index contributed by atoms with van der Waals surface area (Å²) in [5.41, 5.74) is 4.25. The Kier molecular flexibility index (Phi) is 4.17. The molecule has 3 aromatic carbocycles.